The number of primary amides is 1. The average Bonchev–Trinajstić information content (AvgIpc) is 2.28. The van der Waals surface area contributed by atoms with Crippen LogP contribution in [0.25, 0.3) is 0 Å². The maximum atomic E-state index is 10.8. The highest BCUT2D eigenvalue weighted by atomic mass is 16.6. The van der Waals surface area contributed by atoms with Gasteiger partial charge in [-0.25, -0.2) is 4.79 Å². The van der Waals surface area contributed by atoms with Crippen LogP contribution in [0.2, 0.25) is 0 Å². The zero-order valence-electron chi connectivity index (χ0n) is 10.5. The second-order valence-corrected chi connectivity index (χ2v) is 3.95. The van der Waals surface area contributed by atoms with E-state index in [-0.39, 0.29) is 12.2 Å². The molecule has 2 unspecified atom stereocenters. The van der Waals surface area contributed by atoms with E-state index in [1.807, 2.05) is 38.1 Å². The zero-order valence-corrected chi connectivity index (χ0v) is 10.5. The lowest BCUT2D eigenvalue weighted by atomic mass is 10.0. The van der Waals surface area contributed by atoms with Crippen molar-refractivity contribution in [1.29, 1.82) is 0 Å². The summed E-state index contributed by atoms with van der Waals surface area (Å²) in [6.07, 6.45) is -0.770. The third kappa shape index (κ3) is 3.75. The van der Waals surface area contributed by atoms with Gasteiger partial charge in [0, 0.05) is 7.11 Å². The topological polar surface area (TPSA) is 61.5 Å². The summed E-state index contributed by atoms with van der Waals surface area (Å²) in [7, 11) is 1.60. The maximum absolute atomic E-state index is 10.8. The molecule has 0 aliphatic rings. The zero-order chi connectivity index (χ0) is 12.8. The molecule has 94 valence electrons. The molecule has 1 aromatic rings. The third-order valence-corrected chi connectivity index (χ3v) is 2.63. The molecule has 4 heteroatoms. The van der Waals surface area contributed by atoms with Gasteiger partial charge in [0.05, 0.1) is 0 Å². The predicted molar refractivity (Wildman–Crippen MR) is 65.7 cm³/mol. The SMILES string of the molecule is CCC(OC(N)=O)C(OC)c1cccc(C)c1. The molecule has 0 saturated carbocycles. The molecule has 4 nitrogen and oxygen atoms in total. The normalized spacial score (nSPS) is 14.1. The van der Waals surface area contributed by atoms with Crippen LogP contribution in [0.5, 0.6) is 0 Å². The van der Waals surface area contributed by atoms with Gasteiger partial charge in [-0.2, -0.15) is 0 Å². The number of carbonyl (C=O) groups is 1. The molecule has 1 rings (SSSR count). The molecule has 0 heterocycles. The first kappa shape index (κ1) is 13.5. The number of methoxy groups -OCH3 is 1. The number of amides is 1. The van der Waals surface area contributed by atoms with Crippen molar-refractivity contribution in [3.63, 3.8) is 0 Å². The van der Waals surface area contributed by atoms with Crippen molar-refractivity contribution in [2.45, 2.75) is 32.5 Å². The van der Waals surface area contributed by atoms with Gasteiger partial charge in [0.1, 0.15) is 12.2 Å². The molecule has 0 bridgehead atoms. The molecule has 2 atom stereocenters. The molecule has 0 aliphatic heterocycles. The van der Waals surface area contributed by atoms with Gasteiger partial charge in [-0.15, -0.1) is 0 Å². The van der Waals surface area contributed by atoms with Gasteiger partial charge >= 0.3 is 6.09 Å². The lowest BCUT2D eigenvalue weighted by Crippen LogP contribution is -2.29. The van der Waals surface area contributed by atoms with E-state index in [0.717, 1.165) is 11.1 Å². The summed E-state index contributed by atoms with van der Waals surface area (Å²) in [5.74, 6) is 0. The molecule has 1 aromatic carbocycles. The Kier molecular flexibility index (Phi) is 4.97. The van der Waals surface area contributed by atoms with Crippen LogP contribution in [-0.4, -0.2) is 19.3 Å². The van der Waals surface area contributed by atoms with Gasteiger partial charge in [0.25, 0.3) is 0 Å². The first-order valence-corrected chi connectivity index (χ1v) is 5.64. The maximum Gasteiger partial charge on any atom is 0.404 e. The van der Waals surface area contributed by atoms with Gasteiger partial charge in [0.15, 0.2) is 0 Å². The van der Waals surface area contributed by atoms with Crippen molar-refractivity contribution in [2.24, 2.45) is 5.73 Å². The van der Waals surface area contributed by atoms with Crippen molar-refractivity contribution in [1.82, 2.24) is 0 Å². The van der Waals surface area contributed by atoms with Crippen LogP contribution in [-0.2, 0) is 9.47 Å². The largest absolute Gasteiger partial charge is 0.443 e. The highest BCUT2D eigenvalue weighted by Crippen LogP contribution is 2.25. The van der Waals surface area contributed by atoms with E-state index in [4.69, 9.17) is 15.2 Å². The van der Waals surface area contributed by atoms with Gasteiger partial charge in [0.2, 0.25) is 0 Å². The average molecular weight is 237 g/mol. The van der Waals surface area contributed by atoms with Crippen LogP contribution in [0.1, 0.15) is 30.6 Å². The minimum Gasteiger partial charge on any atom is -0.443 e. The minimum absolute atomic E-state index is 0.285. The number of benzene rings is 1. The Morgan fingerprint density at radius 3 is 2.65 bits per heavy atom. The second-order valence-electron chi connectivity index (χ2n) is 3.95. The summed E-state index contributed by atoms with van der Waals surface area (Å²) < 4.78 is 10.5. The van der Waals surface area contributed by atoms with Gasteiger partial charge in [-0.3, -0.25) is 0 Å². The van der Waals surface area contributed by atoms with E-state index in [1.54, 1.807) is 7.11 Å². The Hall–Kier alpha value is -1.55. The number of nitrogens with two attached hydrogens (primary N) is 1. The number of ether oxygens (including phenoxy) is 2. The molecule has 0 fully saturated rings. The Balaban J connectivity index is 2.92. The fraction of sp³-hybridized carbons (Fsp3) is 0.462. The molecule has 1 amide bonds. The van der Waals surface area contributed by atoms with E-state index in [2.05, 4.69) is 0 Å². The van der Waals surface area contributed by atoms with Gasteiger partial charge in [-0.1, -0.05) is 36.8 Å². The molecular formula is C13H19NO3. The lowest BCUT2D eigenvalue weighted by molar-refractivity contribution is -0.0227. The monoisotopic (exact) mass is 237 g/mol. The predicted octanol–water partition coefficient (Wildman–Crippen LogP) is 2.56. The molecule has 0 radical (unpaired) electrons. The lowest BCUT2D eigenvalue weighted by Gasteiger charge is -2.24. The van der Waals surface area contributed by atoms with Crippen molar-refractivity contribution in [3.8, 4) is 0 Å². The van der Waals surface area contributed by atoms with Crippen LogP contribution < -0.4 is 5.73 Å². The van der Waals surface area contributed by atoms with Crippen molar-refractivity contribution < 1.29 is 14.3 Å². The Morgan fingerprint density at radius 2 is 2.18 bits per heavy atom. The van der Waals surface area contributed by atoms with Crippen LogP contribution in [0.3, 0.4) is 0 Å². The molecular weight excluding hydrogens is 218 g/mol. The van der Waals surface area contributed by atoms with E-state index >= 15 is 0 Å². The third-order valence-electron chi connectivity index (χ3n) is 2.63. The molecule has 0 spiro atoms. The van der Waals surface area contributed by atoms with Crippen LogP contribution in [0.15, 0.2) is 24.3 Å². The summed E-state index contributed by atoms with van der Waals surface area (Å²) in [5.41, 5.74) is 7.18. The highest BCUT2D eigenvalue weighted by Gasteiger charge is 2.24. The fourth-order valence-electron chi connectivity index (χ4n) is 1.86. The van der Waals surface area contributed by atoms with E-state index < -0.39 is 6.09 Å². The smallest absolute Gasteiger partial charge is 0.404 e. The molecule has 0 aliphatic carbocycles. The van der Waals surface area contributed by atoms with Crippen molar-refractivity contribution in [3.05, 3.63) is 35.4 Å². The van der Waals surface area contributed by atoms with Crippen molar-refractivity contribution >= 4 is 6.09 Å². The number of hydrogen-bond acceptors (Lipinski definition) is 3. The number of hydrogen-bond donors (Lipinski definition) is 1. The summed E-state index contributed by atoms with van der Waals surface area (Å²) in [6, 6.07) is 7.93. The van der Waals surface area contributed by atoms with Gasteiger partial charge < -0.3 is 15.2 Å². The van der Waals surface area contributed by atoms with E-state index in [9.17, 15) is 4.79 Å². The van der Waals surface area contributed by atoms with E-state index in [0.29, 0.717) is 6.42 Å². The van der Waals surface area contributed by atoms with Crippen molar-refractivity contribution in [2.75, 3.05) is 7.11 Å². The van der Waals surface area contributed by atoms with Crippen LogP contribution in [0, 0.1) is 6.92 Å². The molecule has 0 aromatic heterocycles. The quantitative estimate of drug-likeness (QED) is 0.856. The molecule has 2 N–H and O–H groups in total. The summed E-state index contributed by atoms with van der Waals surface area (Å²) in [4.78, 5) is 10.8. The minimum atomic E-state index is -0.772. The first-order valence-electron chi connectivity index (χ1n) is 5.64. The Labute approximate surface area is 102 Å². The number of aryl methyl sites for hydroxylation is 1. The molecule has 17 heavy (non-hydrogen) atoms. The highest BCUT2D eigenvalue weighted by molar-refractivity contribution is 5.64. The molecule has 0 saturated heterocycles. The second kappa shape index (κ2) is 6.25. The number of carbonyl (C=O) groups excluding carboxylic acids is 1. The first-order chi connectivity index (χ1) is 8.08. The summed E-state index contributed by atoms with van der Waals surface area (Å²) in [5, 5.41) is 0. The van der Waals surface area contributed by atoms with Gasteiger partial charge in [-0.05, 0) is 18.9 Å². The fourth-order valence-corrected chi connectivity index (χ4v) is 1.86. The van der Waals surface area contributed by atoms with Crippen LogP contribution in [0.4, 0.5) is 4.79 Å². The Morgan fingerprint density at radius 1 is 1.47 bits per heavy atom. The number of rotatable bonds is 5. The van der Waals surface area contributed by atoms with Crippen LogP contribution >= 0.6 is 0 Å². The Bertz CT molecular complexity index is 379. The summed E-state index contributed by atoms with van der Waals surface area (Å²) in [6.45, 7) is 3.93. The van der Waals surface area contributed by atoms with E-state index in [1.165, 1.54) is 0 Å². The summed E-state index contributed by atoms with van der Waals surface area (Å²) >= 11 is 0. The standard InChI is InChI=1S/C13H19NO3/c1-4-11(17-13(14)15)12(16-3)10-7-5-6-9(2)8-10/h5-8,11-12H,4H2,1-3H3,(H2,14,15).